The highest BCUT2D eigenvalue weighted by Crippen LogP contribution is 2.26. The topological polar surface area (TPSA) is 20.3 Å². The fourth-order valence-electron chi connectivity index (χ4n) is 1.69. The minimum atomic E-state index is 0.329. The van der Waals surface area contributed by atoms with E-state index in [1.54, 1.807) is 0 Å². The molecule has 2 rings (SSSR count). The number of carbonyl (C=O) groups excluding carboxylic acids is 1. The van der Waals surface area contributed by atoms with Gasteiger partial charge < -0.3 is 4.90 Å². The molecule has 0 aromatic heterocycles. The molecule has 0 aromatic rings. The van der Waals surface area contributed by atoms with Crippen LogP contribution in [0.15, 0.2) is 11.8 Å². The molecular weight excluding hydrogens is 126 g/mol. The molecule has 1 fully saturated rings. The average molecular weight is 137 g/mol. The van der Waals surface area contributed by atoms with E-state index in [2.05, 4.69) is 6.08 Å². The minimum Gasteiger partial charge on any atom is -0.316 e. The molecule has 54 valence electrons. The molecule has 0 radical (unpaired) electrons. The van der Waals surface area contributed by atoms with E-state index in [9.17, 15) is 4.79 Å². The van der Waals surface area contributed by atoms with Crippen LogP contribution in [-0.2, 0) is 4.79 Å². The van der Waals surface area contributed by atoms with Crippen LogP contribution in [0.2, 0.25) is 0 Å². The summed E-state index contributed by atoms with van der Waals surface area (Å²) in [5, 5.41) is 0. The molecule has 2 aliphatic rings. The molecule has 2 aliphatic heterocycles. The lowest BCUT2D eigenvalue weighted by atomic mass is 10.1. The monoisotopic (exact) mass is 137 g/mol. The Hall–Kier alpha value is -0.790. The summed E-state index contributed by atoms with van der Waals surface area (Å²) in [5.74, 6) is 0.329. The van der Waals surface area contributed by atoms with Gasteiger partial charge in [0.1, 0.15) is 0 Å². The zero-order valence-electron chi connectivity index (χ0n) is 5.97. The fraction of sp³-hybridized carbons (Fsp3) is 0.625. The van der Waals surface area contributed by atoms with Gasteiger partial charge in [0.15, 0.2) is 0 Å². The Balaban J connectivity index is 2.21. The van der Waals surface area contributed by atoms with Crippen molar-refractivity contribution in [2.24, 2.45) is 0 Å². The van der Waals surface area contributed by atoms with Crippen LogP contribution in [0, 0.1) is 0 Å². The second kappa shape index (κ2) is 2.11. The van der Waals surface area contributed by atoms with Crippen molar-refractivity contribution in [3.05, 3.63) is 11.8 Å². The van der Waals surface area contributed by atoms with E-state index in [-0.39, 0.29) is 0 Å². The number of nitrogens with zero attached hydrogens (tertiary/aromatic N) is 1. The molecule has 2 heterocycles. The minimum absolute atomic E-state index is 0.329. The number of hydrogen-bond acceptors (Lipinski definition) is 1. The third-order valence-electron chi connectivity index (χ3n) is 2.20. The van der Waals surface area contributed by atoms with Crippen molar-refractivity contribution in [2.75, 3.05) is 6.54 Å². The van der Waals surface area contributed by atoms with Gasteiger partial charge in [-0.2, -0.15) is 0 Å². The first-order chi connectivity index (χ1) is 4.88. The smallest absolute Gasteiger partial charge is 0.226 e. The molecule has 0 saturated carbocycles. The van der Waals surface area contributed by atoms with Gasteiger partial charge in [0.2, 0.25) is 5.91 Å². The first-order valence-electron chi connectivity index (χ1n) is 3.87. The highest BCUT2D eigenvalue weighted by molar-refractivity contribution is 5.79. The molecule has 0 aromatic carbocycles. The molecule has 0 bridgehead atoms. The van der Waals surface area contributed by atoms with Crippen LogP contribution in [0.4, 0.5) is 0 Å². The quantitative estimate of drug-likeness (QED) is 0.492. The lowest BCUT2D eigenvalue weighted by Gasteiger charge is -2.24. The van der Waals surface area contributed by atoms with Gasteiger partial charge >= 0.3 is 0 Å². The molecule has 0 N–H and O–H groups in total. The van der Waals surface area contributed by atoms with E-state index in [1.165, 1.54) is 5.70 Å². The number of hydrogen-bond donors (Lipinski definition) is 0. The molecule has 10 heavy (non-hydrogen) atoms. The second-order valence-electron chi connectivity index (χ2n) is 2.88. The Bertz CT molecular complexity index is 195. The summed E-state index contributed by atoms with van der Waals surface area (Å²) in [6.07, 6.45) is 6.20. The number of allylic oxidation sites excluding steroid dienone is 1. The highest BCUT2D eigenvalue weighted by Gasteiger charge is 2.24. The van der Waals surface area contributed by atoms with E-state index in [0.29, 0.717) is 5.91 Å². The summed E-state index contributed by atoms with van der Waals surface area (Å²) >= 11 is 0. The van der Waals surface area contributed by atoms with Crippen molar-refractivity contribution in [1.29, 1.82) is 0 Å². The van der Waals surface area contributed by atoms with Crippen LogP contribution in [-0.4, -0.2) is 17.4 Å². The van der Waals surface area contributed by atoms with Crippen LogP contribution in [0.3, 0.4) is 0 Å². The molecule has 0 atom stereocenters. The molecule has 1 saturated heterocycles. The Morgan fingerprint density at radius 3 is 3.10 bits per heavy atom. The van der Waals surface area contributed by atoms with Gasteiger partial charge in [-0.1, -0.05) is 6.08 Å². The number of piperidine rings is 1. The molecule has 0 aliphatic carbocycles. The van der Waals surface area contributed by atoms with Crippen LogP contribution in [0.25, 0.3) is 0 Å². The van der Waals surface area contributed by atoms with Gasteiger partial charge in [-0.05, 0) is 19.3 Å². The molecule has 2 heteroatoms. The largest absolute Gasteiger partial charge is 0.316 e. The molecule has 0 spiro atoms. The van der Waals surface area contributed by atoms with Crippen molar-refractivity contribution in [3.63, 3.8) is 0 Å². The Kier molecular flexibility index (Phi) is 1.26. The van der Waals surface area contributed by atoms with E-state index >= 15 is 0 Å². The first-order valence-corrected chi connectivity index (χ1v) is 3.87. The normalized spacial score (nSPS) is 24.6. The summed E-state index contributed by atoms with van der Waals surface area (Å²) in [4.78, 5) is 13.1. The van der Waals surface area contributed by atoms with Crippen LogP contribution in [0.1, 0.15) is 25.7 Å². The zero-order valence-corrected chi connectivity index (χ0v) is 5.97. The SMILES string of the molecule is O=C1CCCC2=CCCN12. The lowest BCUT2D eigenvalue weighted by molar-refractivity contribution is -0.130. The van der Waals surface area contributed by atoms with Crippen molar-refractivity contribution in [3.8, 4) is 0 Å². The summed E-state index contributed by atoms with van der Waals surface area (Å²) < 4.78 is 0. The van der Waals surface area contributed by atoms with E-state index in [1.807, 2.05) is 4.90 Å². The molecular formula is C8H11NO. The van der Waals surface area contributed by atoms with Crippen LogP contribution in [0.5, 0.6) is 0 Å². The van der Waals surface area contributed by atoms with Gasteiger partial charge in [0, 0.05) is 18.7 Å². The summed E-state index contributed by atoms with van der Waals surface area (Å²) in [5.41, 5.74) is 1.27. The van der Waals surface area contributed by atoms with Crippen molar-refractivity contribution < 1.29 is 4.79 Å². The molecule has 2 nitrogen and oxygen atoms in total. The predicted octanol–water partition coefficient (Wildman–Crippen LogP) is 1.29. The van der Waals surface area contributed by atoms with Crippen LogP contribution < -0.4 is 0 Å². The Morgan fingerprint density at radius 1 is 1.40 bits per heavy atom. The van der Waals surface area contributed by atoms with E-state index in [0.717, 1.165) is 32.2 Å². The van der Waals surface area contributed by atoms with Gasteiger partial charge in [-0.25, -0.2) is 0 Å². The van der Waals surface area contributed by atoms with Gasteiger partial charge in [0.05, 0.1) is 0 Å². The van der Waals surface area contributed by atoms with Gasteiger partial charge in [-0.3, -0.25) is 4.79 Å². The number of rotatable bonds is 0. The maximum Gasteiger partial charge on any atom is 0.226 e. The second-order valence-corrected chi connectivity index (χ2v) is 2.88. The fourth-order valence-corrected chi connectivity index (χ4v) is 1.69. The third-order valence-corrected chi connectivity index (χ3v) is 2.20. The zero-order chi connectivity index (χ0) is 6.97. The average Bonchev–Trinajstić information content (AvgIpc) is 2.36. The van der Waals surface area contributed by atoms with E-state index in [4.69, 9.17) is 0 Å². The predicted molar refractivity (Wildman–Crippen MR) is 38.3 cm³/mol. The first kappa shape index (κ1) is 5.96. The number of fused-ring (bicyclic) bond motifs is 1. The van der Waals surface area contributed by atoms with Gasteiger partial charge in [0.25, 0.3) is 0 Å². The maximum absolute atomic E-state index is 11.2. The van der Waals surface area contributed by atoms with Crippen molar-refractivity contribution >= 4 is 5.91 Å². The Labute approximate surface area is 60.5 Å². The third kappa shape index (κ3) is 0.753. The standard InChI is InChI=1S/C8H11NO/c10-8-5-1-3-7-4-2-6-9(7)8/h4H,1-3,5-6H2. The van der Waals surface area contributed by atoms with Gasteiger partial charge in [-0.15, -0.1) is 0 Å². The maximum atomic E-state index is 11.2. The van der Waals surface area contributed by atoms with Crippen molar-refractivity contribution in [2.45, 2.75) is 25.7 Å². The lowest BCUT2D eigenvalue weighted by Crippen LogP contribution is -2.30. The summed E-state index contributed by atoms with van der Waals surface area (Å²) in [7, 11) is 0. The van der Waals surface area contributed by atoms with Crippen LogP contribution >= 0.6 is 0 Å². The summed E-state index contributed by atoms with van der Waals surface area (Å²) in [6.45, 7) is 0.939. The van der Waals surface area contributed by atoms with E-state index < -0.39 is 0 Å². The Morgan fingerprint density at radius 2 is 2.30 bits per heavy atom. The summed E-state index contributed by atoms with van der Waals surface area (Å²) in [6, 6.07) is 0. The molecule has 0 unspecified atom stereocenters. The van der Waals surface area contributed by atoms with Crippen molar-refractivity contribution in [1.82, 2.24) is 4.90 Å². The number of amides is 1. The number of carbonyl (C=O) groups is 1. The molecule has 1 amide bonds. The highest BCUT2D eigenvalue weighted by atomic mass is 16.2.